The molecule has 0 radical (unpaired) electrons. The third kappa shape index (κ3) is 3.82. The number of amides is 1. The van der Waals surface area contributed by atoms with Crippen molar-refractivity contribution in [3.63, 3.8) is 0 Å². The van der Waals surface area contributed by atoms with Gasteiger partial charge in [-0.05, 0) is 45.6 Å². The minimum atomic E-state index is -0.857. The Kier molecular flexibility index (Phi) is 4.68. The SMILES string of the molecule is CC(C)(C)OC(=O)NC1=N[C@@]2(c3cc([N+](=O)[O-])ccc3F)C[C@H]2CCS1. The van der Waals surface area contributed by atoms with Crippen molar-refractivity contribution in [3.8, 4) is 0 Å². The number of halogens is 1. The number of nitro benzene ring substituents is 1. The molecule has 7 nitrogen and oxygen atoms in total. The van der Waals surface area contributed by atoms with Crippen LogP contribution in [0.2, 0.25) is 0 Å². The maximum Gasteiger partial charge on any atom is 0.413 e. The molecule has 2 atom stereocenters. The Hall–Kier alpha value is -2.16. The molecule has 1 heterocycles. The molecule has 0 saturated heterocycles. The van der Waals surface area contributed by atoms with E-state index in [1.165, 1.54) is 17.8 Å². The molecule has 1 amide bonds. The lowest BCUT2D eigenvalue weighted by atomic mass is 10.0. The van der Waals surface area contributed by atoms with E-state index in [0.717, 1.165) is 24.3 Å². The van der Waals surface area contributed by atoms with Gasteiger partial charge in [0, 0.05) is 23.4 Å². The number of thioether (sulfide) groups is 1. The first kappa shape index (κ1) is 18.6. The molecule has 1 N–H and O–H groups in total. The molecule has 0 spiro atoms. The minimum Gasteiger partial charge on any atom is -0.444 e. The zero-order valence-corrected chi connectivity index (χ0v) is 15.6. The van der Waals surface area contributed by atoms with Crippen LogP contribution in [0.1, 0.15) is 39.2 Å². The maximum absolute atomic E-state index is 14.4. The average molecular weight is 381 g/mol. The van der Waals surface area contributed by atoms with Gasteiger partial charge in [0.15, 0.2) is 5.17 Å². The molecule has 1 aliphatic carbocycles. The van der Waals surface area contributed by atoms with Gasteiger partial charge in [0.1, 0.15) is 11.4 Å². The smallest absolute Gasteiger partial charge is 0.413 e. The number of benzene rings is 1. The molecule has 2 aliphatic rings. The predicted octanol–water partition coefficient (Wildman–Crippen LogP) is 3.97. The van der Waals surface area contributed by atoms with Crippen LogP contribution in [0.15, 0.2) is 23.2 Å². The standard InChI is InChI=1S/C17H20FN3O4S/c1-16(2,3)25-15(22)19-14-20-17(9-10(17)6-7-26-14)12-8-11(21(23)24)4-5-13(12)18/h4-5,8,10H,6-7,9H2,1-3H3,(H,19,20,22)/t10-,17+/m1/s1. The molecule has 1 aliphatic heterocycles. The zero-order valence-electron chi connectivity index (χ0n) is 14.7. The lowest BCUT2D eigenvalue weighted by Crippen LogP contribution is -2.35. The van der Waals surface area contributed by atoms with Crippen molar-refractivity contribution in [2.45, 2.75) is 44.8 Å². The number of nitrogens with one attached hydrogen (secondary N) is 1. The summed E-state index contributed by atoms with van der Waals surface area (Å²) in [6.07, 6.45) is 0.763. The number of ether oxygens (including phenoxy) is 1. The first-order chi connectivity index (χ1) is 12.1. The number of nitrogens with zero attached hydrogens (tertiary/aromatic N) is 2. The van der Waals surface area contributed by atoms with E-state index in [-0.39, 0.29) is 17.2 Å². The highest BCUT2D eigenvalue weighted by Gasteiger charge is 2.58. The summed E-state index contributed by atoms with van der Waals surface area (Å²) in [5, 5.41) is 14.0. The van der Waals surface area contributed by atoms with E-state index in [1.54, 1.807) is 20.8 Å². The molecule has 140 valence electrons. The number of nitro groups is 1. The third-order valence-corrected chi connectivity index (χ3v) is 5.22. The molecule has 26 heavy (non-hydrogen) atoms. The summed E-state index contributed by atoms with van der Waals surface area (Å²) < 4.78 is 19.7. The fourth-order valence-corrected chi connectivity index (χ4v) is 4.09. The van der Waals surface area contributed by atoms with E-state index in [1.807, 2.05) is 0 Å². The van der Waals surface area contributed by atoms with E-state index in [9.17, 15) is 19.3 Å². The van der Waals surface area contributed by atoms with Crippen LogP contribution in [0.4, 0.5) is 14.9 Å². The van der Waals surface area contributed by atoms with Crippen molar-refractivity contribution < 1.29 is 18.8 Å². The number of carbonyl (C=O) groups is 1. The maximum atomic E-state index is 14.4. The van der Waals surface area contributed by atoms with Crippen molar-refractivity contribution in [2.24, 2.45) is 10.9 Å². The van der Waals surface area contributed by atoms with Crippen molar-refractivity contribution >= 4 is 28.7 Å². The van der Waals surface area contributed by atoms with Gasteiger partial charge in [-0.2, -0.15) is 0 Å². The molecule has 0 aromatic heterocycles. The molecule has 1 fully saturated rings. The van der Waals surface area contributed by atoms with E-state index >= 15 is 0 Å². The van der Waals surface area contributed by atoms with Gasteiger partial charge in [-0.3, -0.25) is 20.4 Å². The second kappa shape index (κ2) is 6.53. The third-order valence-electron chi connectivity index (χ3n) is 4.31. The van der Waals surface area contributed by atoms with Crippen molar-refractivity contribution in [1.82, 2.24) is 5.32 Å². The Morgan fingerprint density at radius 2 is 2.23 bits per heavy atom. The number of amidine groups is 1. The fourth-order valence-electron chi connectivity index (χ4n) is 3.11. The monoisotopic (exact) mass is 381 g/mol. The number of carbonyl (C=O) groups excluding carboxylic acids is 1. The summed E-state index contributed by atoms with van der Waals surface area (Å²) in [6.45, 7) is 5.27. The van der Waals surface area contributed by atoms with Crippen LogP contribution in [-0.4, -0.2) is 27.5 Å². The molecular formula is C17H20FN3O4S. The molecule has 1 saturated carbocycles. The van der Waals surface area contributed by atoms with Crippen LogP contribution >= 0.6 is 11.8 Å². The second-order valence-electron chi connectivity index (χ2n) is 7.43. The van der Waals surface area contributed by atoms with Crippen molar-refractivity contribution in [3.05, 3.63) is 39.7 Å². The van der Waals surface area contributed by atoms with Gasteiger partial charge in [0.2, 0.25) is 0 Å². The average Bonchev–Trinajstić information content (AvgIpc) is 3.19. The number of aliphatic imine (C=N–C) groups is 1. The lowest BCUT2D eigenvalue weighted by Gasteiger charge is -2.20. The largest absolute Gasteiger partial charge is 0.444 e. The Labute approximate surface area is 154 Å². The first-order valence-corrected chi connectivity index (χ1v) is 9.26. The quantitative estimate of drug-likeness (QED) is 0.618. The summed E-state index contributed by atoms with van der Waals surface area (Å²) in [7, 11) is 0. The highest BCUT2D eigenvalue weighted by atomic mass is 32.2. The number of rotatable bonds is 2. The predicted molar refractivity (Wildman–Crippen MR) is 96.7 cm³/mol. The van der Waals surface area contributed by atoms with Gasteiger partial charge in [-0.25, -0.2) is 9.18 Å². The van der Waals surface area contributed by atoms with Gasteiger partial charge in [0.05, 0.1) is 10.5 Å². The van der Waals surface area contributed by atoms with Crippen LogP contribution in [0.3, 0.4) is 0 Å². The number of non-ortho nitro benzene ring substituents is 1. The molecule has 1 aromatic carbocycles. The van der Waals surface area contributed by atoms with Gasteiger partial charge < -0.3 is 4.74 Å². The molecule has 3 rings (SSSR count). The van der Waals surface area contributed by atoms with Gasteiger partial charge in [-0.1, -0.05) is 11.8 Å². The number of fused-ring (bicyclic) bond motifs is 1. The summed E-state index contributed by atoms with van der Waals surface area (Å²) in [5.74, 6) is 0.298. The first-order valence-electron chi connectivity index (χ1n) is 8.28. The topological polar surface area (TPSA) is 93.8 Å². The molecule has 0 unspecified atom stereocenters. The Bertz CT molecular complexity index is 793. The Morgan fingerprint density at radius 1 is 1.50 bits per heavy atom. The highest BCUT2D eigenvalue weighted by Crippen LogP contribution is 2.59. The Morgan fingerprint density at radius 3 is 2.88 bits per heavy atom. The lowest BCUT2D eigenvalue weighted by molar-refractivity contribution is -0.385. The van der Waals surface area contributed by atoms with Crippen molar-refractivity contribution in [2.75, 3.05) is 5.75 Å². The van der Waals surface area contributed by atoms with Gasteiger partial charge in [0.25, 0.3) is 5.69 Å². The molecule has 9 heteroatoms. The summed E-state index contributed by atoms with van der Waals surface area (Å²) in [4.78, 5) is 27.1. The van der Waals surface area contributed by atoms with E-state index in [4.69, 9.17) is 4.74 Å². The van der Waals surface area contributed by atoms with Crippen LogP contribution in [0.25, 0.3) is 0 Å². The van der Waals surface area contributed by atoms with Gasteiger partial charge in [-0.15, -0.1) is 0 Å². The zero-order chi connectivity index (χ0) is 19.1. The number of hydrogen-bond donors (Lipinski definition) is 1. The summed E-state index contributed by atoms with van der Waals surface area (Å²) in [5.41, 5.74) is -1.46. The molecular weight excluding hydrogens is 361 g/mol. The number of hydrogen-bond acceptors (Lipinski definition) is 6. The molecule has 0 bridgehead atoms. The highest BCUT2D eigenvalue weighted by molar-refractivity contribution is 8.13. The van der Waals surface area contributed by atoms with Crippen LogP contribution in [-0.2, 0) is 10.3 Å². The summed E-state index contributed by atoms with van der Waals surface area (Å²) >= 11 is 1.36. The van der Waals surface area contributed by atoms with E-state index < -0.39 is 28.0 Å². The van der Waals surface area contributed by atoms with E-state index in [0.29, 0.717) is 11.6 Å². The second-order valence-corrected chi connectivity index (χ2v) is 8.51. The Balaban J connectivity index is 1.90. The van der Waals surface area contributed by atoms with Gasteiger partial charge >= 0.3 is 6.09 Å². The summed E-state index contributed by atoms with van der Waals surface area (Å²) in [6, 6.07) is 3.49. The van der Waals surface area contributed by atoms with Crippen LogP contribution in [0.5, 0.6) is 0 Å². The van der Waals surface area contributed by atoms with Crippen LogP contribution in [0, 0.1) is 21.8 Å². The number of alkyl carbamates (subject to hydrolysis) is 1. The van der Waals surface area contributed by atoms with Crippen molar-refractivity contribution in [1.29, 1.82) is 0 Å². The minimum absolute atomic E-state index is 0.101. The van der Waals surface area contributed by atoms with Crippen LogP contribution < -0.4 is 5.32 Å². The van der Waals surface area contributed by atoms with E-state index in [2.05, 4.69) is 10.3 Å². The molecule has 1 aromatic rings. The fraction of sp³-hybridized carbons (Fsp3) is 0.529. The normalized spacial score (nSPS) is 24.8.